The summed E-state index contributed by atoms with van der Waals surface area (Å²) in [6, 6.07) is 20.9. The Morgan fingerprint density at radius 1 is 0.852 bits per heavy atom. The Labute approximate surface area is 154 Å². The molecule has 0 aliphatic carbocycles. The van der Waals surface area contributed by atoms with Crippen molar-refractivity contribution in [1.82, 2.24) is 0 Å². The summed E-state index contributed by atoms with van der Waals surface area (Å²) >= 11 is 0. The maximum Gasteiger partial charge on any atom is 0.362 e. The van der Waals surface area contributed by atoms with Crippen LogP contribution in [0.15, 0.2) is 89.1 Å². The number of phenols is 1. The Balaban J connectivity index is 1.57. The highest BCUT2D eigenvalue weighted by Gasteiger charge is 2.07. The smallest absolute Gasteiger partial charge is 0.362 e. The second-order valence-corrected chi connectivity index (χ2v) is 5.46. The Kier molecular flexibility index (Phi) is 5.54. The van der Waals surface area contributed by atoms with Crippen LogP contribution in [-0.2, 0) is 4.84 Å². The molecule has 0 aliphatic heterocycles. The molecule has 7 heteroatoms. The lowest BCUT2D eigenvalue weighted by molar-refractivity contribution is 0.0596. The molecule has 1 amide bonds. The first-order valence-corrected chi connectivity index (χ1v) is 7.99. The molecular weight excluding hydrogens is 346 g/mol. The van der Waals surface area contributed by atoms with E-state index < -0.39 is 11.9 Å². The third-order valence-corrected chi connectivity index (χ3v) is 3.49. The molecule has 0 saturated heterocycles. The molecule has 0 bridgehead atoms. The molecule has 0 spiro atoms. The van der Waals surface area contributed by atoms with Gasteiger partial charge in [-0.2, -0.15) is 0 Å². The van der Waals surface area contributed by atoms with Gasteiger partial charge in [0, 0.05) is 5.56 Å². The molecule has 3 aromatic rings. The van der Waals surface area contributed by atoms with Gasteiger partial charge in [-0.25, -0.2) is 10.3 Å². The number of azo groups is 1. The fourth-order valence-electron chi connectivity index (χ4n) is 2.13. The van der Waals surface area contributed by atoms with Gasteiger partial charge >= 0.3 is 5.97 Å². The maximum absolute atomic E-state index is 11.9. The van der Waals surface area contributed by atoms with Crippen LogP contribution in [0, 0.1) is 0 Å². The SMILES string of the molecule is O=C(N=Nc1ccc(NOC(=O)c2ccccc2)cc1)c1cccc(O)c1. The number of benzene rings is 3. The number of hydrogen-bond donors (Lipinski definition) is 2. The Hall–Kier alpha value is -4.00. The van der Waals surface area contributed by atoms with E-state index in [0.717, 1.165) is 0 Å². The monoisotopic (exact) mass is 361 g/mol. The average Bonchev–Trinajstić information content (AvgIpc) is 2.71. The zero-order valence-electron chi connectivity index (χ0n) is 14.1. The van der Waals surface area contributed by atoms with Crippen LogP contribution in [0.4, 0.5) is 11.4 Å². The molecule has 0 aromatic heterocycles. The first-order chi connectivity index (χ1) is 13.1. The van der Waals surface area contributed by atoms with E-state index in [1.165, 1.54) is 18.2 Å². The van der Waals surface area contributed by atoms with E-state index in [1.807, 2.05) is 6.07 Å². The summed E-state index contributed by atoms with van der Waals surface area (Å²) in [5.41, 5.74) is 4.21. The first kappa shape index (κ1) is 17.8. The summed E-state index contributed by atoms with van der Waals surface area (Å²) in [5.74, 6) is -1.09. The topological polar surface area (TPSA) is 100 Å². The fraction of sp³-hybridized carbons (Fsp3) is 0. The summed E-state index contributed by atoms with van der Waals surface area (Å²) in [4.78, 5) is 28.8. The summed E-state index contributed by atoms with van der Waals surface area (Å²) in [6.45, 7) is 0. The Bertz CT molecular complexity index is 970. The van der Waals surface area contributed by atoms with E-state index in [0.29, 0.717) is 16.9 Å². The van der Waals surface area contributed by atoms with Crippen molar-refractivity contribution in [2.45, 2.75) is 0 Å². The lowest BCUT2D eigenvalue weighted by Gasteiger charge is -2.06. The van der Waals surface area contributed by atoms with Crippen molar-refractivity contribution in [3.05, 3.63) is 90.0 Å². The summed E-state index contributed by atoms with van der Waals surface area (Å²) < 4.78 is 0. The van der Waals surface area contributed by atoms with E-state index in [2.05, 4.69) is 15.7 Å². The molecule has 0 radical (unpaired) electrons. The lowest BCUT2D eigenvalue weighted by Crippen LogP contribution is -2.10. The fourth-order valence-corrected chi connectivity index (χ4v) is 2.13. The van der Waals surface area contributed by atoms with Gasteiger partial charge in [-0.15, -0.1) is 10.2 Å². The van der Waals surface area contributed by atoms with Crippen LogP contribution in [0.5, 0.6) is 5.75 Å². The Morgan fingerprint density at radius 2 is 1.56 bits per heavy atom. The second-order valence-electron chi connectivity index (χ2n) is 5.46. The molecule has 0 fully saturated rings. The average molecular weight is 361 g/mol. The van der Waals surface area contributed by atoms with Crippen molar-refractivity contribution in [2.24, 2.45) is 10.2 Å². The van der Waals surface area contributed by atoms with Crippen LogP contribution in [0.25, 0.3) is 0 Å². The van der Waals surface area contributed by atoms with E-state index in [9.17, 15) is 14.7 Å². The van der Waals surface area contributed by atoms with Crippen molar-refractivity contribution in [2.75, 3.05) is 5.48 Å². The number of carbonyl (C=O) groups excluding carboxylic acids is 2. The van der Waals surface area contributed by atoms with Gasteiger partial charge in [-0.05, 0) is 54.6 Å². The van der Waals surface area contributed by atoms with E-state index >= 15 is 0 Å². The van der Waals surface area contributed by atoms with Gasteiger partial charge in [0.1, 0.15) is 5.75 Å². The second kappa shape index (κ2) is 8.39. The van der Waals surface area contributed by atoms with E-state index in [-0.39, 0.29) is 11.3 Å². The molecule has 27 heavy (non-hydrogen) atoms. The molecular formula is C20H15N3O4. The number of carbonyl (C=O) groups is 2. The zero-order chi connectivity index (χ0) is 19.1. The molecule has 0 unspecified atom stereocenters. The highest BCUT2D eigenvalue weighted by molar-refractivity contribution is 5.95. The Morgan fingerprint density at radius 3 is 2.26 bits per heavy atom. The molecule has 3 aromatic carbocycles. The molecule has 7 nitrogen and oxygen atoms in total. The number of nitrogens with zero attached hydrogens (tertiary/aromatic N) is 2. The highest BCUT2D eigenvalue weighted by Crippen LogP contribution is 2.18. The van der Waals surface area contributed by atoms with Crippen molar-refractivity contribution < 1.29 is 19.5 Å². The molecule has 3 rings (SSSR count). The van der Waals surface area contributed by atoms with Crippen molar-refractivity contribution in [1.29, 1.82) is 0 Å². The van der Waals surface area contributed by atoms with Gasteiger partial charge < -0.3 is 9.94 Å². The molecule has 0 aliphatic rings. The van der Waals surface area contributed by atoms with E-state index in [4.69, 9.17) is 4.84 Å². The van der Waals surface area contributed by atoms with Crippen LogP contribution in [-0.4, -0.2) is 17.0 Å². The van der Waals surface area contributed by atoms with Crippen LogP contribution in [0.2, 0.25) is 0 Å². The van der Waals surface area contributed by atoms with Crippen LogP contribution in [0.1, 0.15) is 20.7 Å². The van der Waals surface area contributed by atoms with Gasteiger partial charge in [0.15, 0.2) is 0 Å². The third-order valence-electron chi connectivity index (χ3n) is 3.49. The van der Waals surface area contributed by atoms with Crippen LogP contribution in [0.3, 0.4) is 0 Å². The van der Waals surface area contributed by atoms with Crippen LogP contribution < -0.4 is 5.48 Å². The molecule has 0 atom stereocenters. The third kappa shape index (κ3) is 4.99. The number of nitrogens with one attached hydrogen (secondary N) is 1. The van der Waals surface area contributed by atoms with Crippen LogP contribution >= 0.6 is 0 Å². The maximum atomic E-state index is 11.9. The molecule has 0 saturated carbocycles. The molecule has 134 valence electrons. The zero-order valence-corrected chi connectivity index (χ0v) is 14.1. The first-order valence-electron chi connectivity index (χ1n) is 7.99. The minimum Gasteiger partial charge on any atom is -0.508 e. The highest BCUT2D eigenvalue weighted by atomic mass is 16.7. The normalized spacial score (nSPS) is 10.5. The lowest BCUT2D eigenvalue weighted by atomic mass is 10.2. The minimum atomic E-state index is -0.565. The van der Waals surface area contributed by atoms with Crippen molar-refractivity contribution >= 4 is 23.3 Å². The van der Waals surface area contributed by atoms with Gasteiger partial charge in [0.2, 0.25) is 0 Å². The van der Waals surface area contributed by atoms with Gasteiger partial charge in [0.05, 0.1) is 16.9 Å². The standard InChI is InChI=1S/C20H15N3O4/c24-18-8-4-7-15(13-18)19(25)22-21-16-9-11-17(12-10-16)23-27-20(26)14-5-2-1-3-6-14/h1-13,23-24H. The van der Waals surface area contributed by atoms with E-state index in [1.54, 1.807) is 54.6 Å². The number of rotatable bonds is 5. The number of anilines is 1. The van der Waals surface area contributed by atoms with Crippen molar-refractivity contribution in [3.63, 3.8) is 0 Å². The van der Waals surface area contributed by atoms with Gasteiger partial charge in [-0.3, -0.25) is 4.79 Å². The number of amides is 1. The number of phenolic OH excluding ortho intramolecular Hbond substituents is 1. The summed E-state index contributed by atoms with van der Waals surface area (Å²) in [7, 11) is 0. The molecule has 0 heterocycles. The minimum absolute atomic E-state index is 0.0171. The molecule has 2 N–H and O–H groups in total. The van der Waals surface area contributed by atoms with Gasteiger partial charge in [-0.1, -0.05) is 24.3 Å². The number of aromatic hydroxyl groups is 1. The predicted molar refractivity (Wildman–Crippen MR) is 98.9 cm³/mol. The quantitative estimate of drug-likeness (QED) is 0.515. The predicted octanol–water partition coefficient (Wildman–Crippen LogP) is 4.50. The largest absolute Gasteiger partial charge is 0.508 e. The van der Waals surface area contributed by atoms with Gasteiger partial charge in [0.25, 0.3) is 5.91 Å². The summed E-state index contributed by atoms with van der Waals surface area (Å²) in [6.07, 6.45) is 0. The van der Waals surface area contributed by atoms with Crippen molar-refractivity contribution in [3.8, 4) is 5.75 Å². The summed E-state index contributed by atoms with van der Waals surface area (Å²) in [5, 5.41) is 16.8. The number of hydrogen-bond acceptors (Lipinski definition) is 6.